The van der Waals surface area contributed by atoms with Gasteiger partial charge in [-0.25, -0.2) is 0 Å². The van der Waals surface area contributed by atoms with Crippen LogP contribution in [0.3, 0.4) is 0 Å². The minimum Gasteiger partial charge on any atom is -0.482 e. The van der Waals surface area contributed by atoms with Crippen molar-refractivity contribution in [3.8, 4) is 11.8 Å². The number of alkyl halides is 7. The molecular formula is C21H13ClF7N3O3. The third-order valence-electron chi connectivity index (χ3n) is 5.01. The summed E-state index contributed by atoms with van der Waals surface area (Å²) in [4.78, 5) is 12.7. The van der Waals surface area contributed by atoms with Crippen molar-refractivity contribution in [1.29, 1.82) is 5.26 Å². The number of hydrogen-bond donors (Lipinski definition) is 1. The molecule has 14 heteroatoms. The molecule has 0 fully saturated rings. The molecule has 1 N–H and O–H groups in total. The van der Waals surface area contributed by atoms with Gasteiger partial charge in [-0.3, -0.25) is 4.79 Å². The molecule has 2 aromatic rings. The fourth-order valence-electron chi connectivity index (χ4n) is 3.17. The summed E-state index contributed by atoms with van der Waals surface area (Å²) in [5, 5.41) is 22.7. The van der Waals surface area contributed by atoms with E-state index in [0.717, 1.165) is 0 Å². The number of para-hydroxylation sites is 1. The van der Waals surface area contributed by atoms with Crippen molar-refractivity contribution in [3.63, 3.8) is 0 Å². The molecule has 0 spiro atoms. The Balaban J connectivity index is 2.02. The molecule has 0 saturated heterocycles. The largest absolute Gasteiger partial charge is 0.482 e. The van der Waals surface area contributed by atoms with Crippen LogP contribution < -0.4 is 4.74 Å². The van der Waals surface area contributed by atoms with Gasteiger partial charge in [0.05, 0.1) is 11.3 Å². The molecule has 3 rings (SSSR count). The lowest BCUT2D eigenvalue weighted by Crippen LogP contribution is -2.69. The number of hydrogen-bond acceptors (Lipinski definition) is 5. The van der Waals surface area contributed by atoms with Crippen LogP contribution in [0.4, 0.5) is 30.7 Å². The molecule has 186 valence electrons. The summed E-state index contributed by atoms with van der Waals surface area (Å²) < 4.78 is 101. The van der Waals surface area contributed by atoms with E-state index in [4.69, 9.17) is 21.6 Å². The van der Waals surface area contributed by atoms with E-state index in [1.807, 2.05) is 0 Å². The van der Waals surface area contributed by atoms with Crippen molar-refractivity contribution in [2.24, 2.45) is 5.10 Å². The molecule has 1 aliphatic rings. The quantitative estimate of drug-likeness (QED) is 0.554. The summed E-state index contributed by atoms with van der Waals surface area (Å²) >= 11 is 5.72. The first-order valence-electron chi connectivity index (χ1n) is 9.49. The molecule has 1 atom stereocenters. The number of amides is 1. The maximum Gasteiger partial charge on any atom is 0.460 e. The van der Waals surface area contributed by atoms with E-state index in [0.29, 0.717) is 0 Å². The lowest BCUT2D eigenvalue weighted by molar-refractivity contribution is -0.401. The normalized spacial score (nSPS) is 18.7. The van der Waals surface area contributed by atoms with E-state index in [2.05, 4.69) is 5.10 Å². The van der Waals surface area contributed by atoms with Gasteiger partial charge in [0.15, 0.2) is 6.61 Å². The van der Waals surface area contributed by atoms with Crippen molar-refractivity contribution in [3.05, 3.63) is 64.7 Å². The Morgan fingerprint density at radius 3 is 2.29 bits per heavy atom. The molecule has 0 aliphatic carbocycles. The highest BCUT2D eigenvalue weighted by Crippen LogP contribution is 2.54. The van der Waals surface area contributed by atoms with E-state index in [-0.39, 0.29) is 21.9 Å². The molecule has 1 amide bonds. The highest BCUT2D eigenvalue weighted by molar-refractivity contribution is 6.30. The van der Waals surface area contributed by atoms with E-state index in [9.17, 15) is 40.6 Å². The topological polar surface area (TPSA) is 85.9 Å². The Morgan fingerprint density at radius 1 is 1.11 bits per heavy atom. The molecule has 2 aromatic carbocycles. The summed E-state index contributed by atoms with van der Waals surface area (Å²) in [5.74, 6) is -14.9. The van der Waals surface area contributed by atoms with E-state index >= 15 is 0 Å². The number of halogens is 8. The number of ether oxygens (including phenoxy) is 1. The highest BCUT2D eigenvalue weighted by Gasteiger charge is 2.82. The van der Waals surface area contributed by atoms with Gasteiger partial charge in [-0.05, 0) is 29.8 Å². The first-order valence-corrected chi connectivity index (χ1v) is 9.86. The lowest BCUT2D eigenvalue weighted by Gasteiger charge is -2.41. The Bertz CT molecular complexity index is 1200. The number of nitriles is 1. The van der Waals surface area contributed by atoms with Gasteiger partial charge in [0.25, 0.3) is 5.91 Å². The van der Waals surface area contributed by atoms with Crippen LogP contribution in [0, 0.1) is 11.3 Å². The van der Waals surface area contributed by atoms with Crippen LogP contribution in [0.1, 0.15) is 17.5 Å². The van der Waals surface area contributed by atoms with Crippen LogP contribution in [0.25, 0.3) is 0 Å². The second-order valence-corrected chi connectivity index (χ2v) is 7.73. The number of carbonyl (C=O) groups is 1. The predicted molar refractivity (Wildman–Crippen MR) is 107 cm³/mol. The third-order valence-corrected chi connectivity index (χ3v) is 5.26. The molecule has 0 unspecified atom stereocenters. The van der Waals surface area contributed by atoms with E-state index < -0.39 is 53.4 Å². The number of benzene rings is 2. The van der Waals surface area contributed by atoms with Gasteiger partial charge in [-0.1, -0.05) is 35.9 Å². The van der Waals surface area contributed by atoms with Crippen molar-refractivity contribution in [1.82, 2.24) is 5.01 Å². The monoisotopic (exact) mass is 523 g/mol. The summed E-state index contributed by atoms with van der Waals surface area (Å²) in [6, 6.07) is 11.9. The standard InChI is InChI=1S/C21H13ClF7N3O3/c22-14-7-5-12(6-8-14)15-9-18(34,19(23,24)20(25,26)21(27,28)29)32(31-15)17(33)11-35-16-4-2-1-3-13(16)10-30/h1-8,34H,9,11H2/t18-/m1/s1. The molecule has 1 aliphatic heterocycles. The summed E-state index contributed by atoms with van der Waals surface area (Å²) in [6.07, 6.45) is -8.35. The summed E-state index contributed by atoms with van der Waals surface area (Å²) in [5.41, 5.74) is -5.18. The smallest absolute Gasteiger partial charge is 0.460 e. The fraction of sp³-hybridized carbons (Fsp3) is 0.286. The third kappa shape index (κ3) is 4.51. The maximum absolute atomic E-state index is 14.7. The Morgan fingerprint density at radius 2 is 1.71 bits per heavy atom. The molecule has 35 heavy (non-hydrogen) atoms. The maximum atomic E-state index is 14.7. The van der Waals surface area contributed by atoms with Gasteiger partial charge < -0.3 is 9.84 Å². The van der Waals surface area contributed by atoms with Gasteiger partial charge >= 0.3 is 18.0 Å². The SMILES string of the molecule is N#Cc1ccccc1OCC(=O)N1N=C(c2ccc(Cl)cc2)C[C@@]1(O)C(F)(F)C(F)(F)C(F)(F)F. The zero-order valence-electron chi connectivity index (χ0n) is 17.2. The average Bonchev–Trinajstić information content (AvgIpc) is 3.16. The van der Waals surface area contributed by atoms with E-state index in [1.165, 1.54) is 48.5 Å². The Hall–Kier alpha value is -3.37. The molecule has 0 saturated carbocycles. The minimum absolute atomic E-state index is 0.0787. The second-order valence-electron chi connectivity index (χ2n) is 7.30. The zero-order chi connectivity index (χ0) is 26.2. The average molecular weight is 524 g/mol. The van der Waals surface area contributed by atoms with Crippen molar-refractivity contribution in [2.75, 3.05) is 6.61 Å². The predicted octanol–water partition coefficient (Wildman–Crippen LogP) is 4.75. The molecule has 0 bridgehead atoms. The Kier molecular flexibility index (Phi) is 6.75. The fourth-order valence-corrected chi connectivity index (χ4v) is 3.30. The summed E-state index contributed by atoms with van der Waals surface area (Å²) in [7, 11) is 0. The van der Waals surface area contributed by atoms with Gasteiger partial charge in [-0.2, -0.15) is 46.1 Å². The van der Waals surface area contributed by atoms with Crippen LogP contribution in [-0.2, 0) is 4.79 Å². The van der Waals surface area contributed by atoms with Crippen molar-refractivity contribution in [2.45, 2.75) is 30.2 Å². The summed E-state index contributed by atoms with van der Waals surface area (Å²) in [6.45, 7) is -1.23. The van der Waals surface area contributed by atoms with Gasteiger partial charge in [0, 0.05) is 11.4 Å². The van der Waals surface area contributed by atoms with Gasteiger partial charge in [-0.15, -0.1) is 0 Å². The number of aliphatic hydroxyl groups is 1. The number of carbonyl (C=O) groups excluding carboxylic acids is 1. The molecule has 0 radical (unpaired) electrons. The van der Waals surface area contributed by atoms with Crippen LogP contribution in [0.5, 0.6) is 5.75 Å². The van der Waals surface area contributed by atoms with Crippen LogP contribution in [-0.4, -0.2) is 52.1 Å². The van der Waals surface area contributed by atoms with Gasteiger partial charge in [0.2, 0.25) is 5.72 Å². The molecular weight excluding hydrogens is 511 g/mol. The lowest BCUT2D eigenvalue weighted by atomic mass is 9.91. The number of rotatable bonds is 6. The highest BCUT2D eigenvalue weighted by atomic mass is 35.5. The molecule has 0 aromatic heterocycles. The molecule has 6 nitrogen and oxygen atoms in total. The van der Waals surface area contributed by atoms with E-state index in [1.54, 1.807) is 6.07 Å². The Labute approximate surface area is 197 Å². The number of nitrogens with zero attached hydrogens (tertiary/aromatic N) is 3. The van der Waals surface area contributed by atoms with Crippen LogP contribution in [0.2, 0.25) is 5.02 Å². The number of hydrazone groups is 1. The van der Waals surface area contributed by atoms with Crippen molar-refractivity contribution >= 4 is 23.2 Å². The minimum atomic E-state index is -6.77. The first kappa shape index (κ1) is 26.2. The first-order chi connectivity index (χ1) is 16.2. The second kappa shape index (κ2) is 9.01. The molecule has 1 heterocycles. The van der Waals surface area contributed by atoms with Gasteiger partial charge in [0.1, 0.15) is 11.8 Å². The van der Waals surface area contributed by atoms with Crippen molar-refractivity contribution < 1.29 is 45.4 Å². The van der Waals surface area contributed by atoms with Crippen LogP contribution in [0.15, 0.2) is 53.6 Å². The van der Waals surface area contributed by atoms with Crippen LogP contribution >= 0.6 is 11.6 Å². The zero-order valence-corrected chi connectivity index (χ0v) is 17.9.